The van der Waals surface area contributed by atoms with E-state index in [2.05, 4.69) is 6.26 Å². The minimum Gasteiger partial charge on any atom is -0.379 e. The van der Waals surface area contributed by atoms with Crippen LogP contribution in [0.4, 0.5) is 0 Å². The van der Waals surface area contributed by atoms with Gasteiger partial charge in [0, 0.05) is 12.4 Å². The summed E-state index contributed by atoms with van der Waals surface area (Å²) in [7, 11) is 0. The largest absolute Gasteiger partial charge is 0.379 e. The van der Waals surface area contributed by atoms with E-state index in [1.165, 1.54) is 0 Å². The first-order valence-corrected chi connectivity index (χ1v) is 6.03. The molecule has 0 saturated heterocycles. The zero-order valence-electron chi connectivity index (χ0n) is 8.58. The normalized spacial score (nSPS) is 10.6. The Morgan fingerprint density at radius 2 is 1.38 bits per heavy atom. The van der Waals surface area contributed by atoms with Crippen LogP contribution < -0.4 is 0 Å². The van der Waals surface area contributed by atoms with Crippen molar-refractivity contribution in [2.75, 3.05) is 51.6 Å². The summed E-state index contributed by atoms with van der Waals surface area (Å²) in [5, 5.41) is 0. The van der Waals surface area contributed by atoms with Crippen LogP contribution in [0.3, 0.4) is 0 Å². The molecule has 0 atom stereocenters. The van der Waals surface area contributed by atoms with Crippen LogP contribution >= 0.6 is 11.8 Å². The average Bonchev–Trinajstić information content (AvgIpc) is 2.16. The molecule has 3 nitrogen and oxygen atoms in total. The van der Waals surface area contributed by atoms with Gasteiger partial charge >= 0.3 is 0 Å². The second kappa shape index (κ2) is 12.2. The SMILES string of the molecule is CCOCCOCCOCCSC. The van der Waals surface area contributed by atoms with Crippen LogP contribution in [-0.4, -0.2) is 51.6 Å². The molecule has 0 spiro atoms. The zero-order valence-corrected chi connectivity index (χ0v) is 9.40. The molecule has 0 amide bonds. The van der Waals surface area contributed by atoms with Crippen LogP contribution in [0.25, 0.3) is 0 Å². The molecule has 0 aromatic rings. The Labute approximate surface area is 85.1 Å². The van der Waals surface area contributed by atoms with Crippen molar-refractivity contribution in [3.63, 3.8) is 0 Å². The van der Waals surface area contributed by atoms with Crippen molar-refractivity contribution < 1.29 is 14.2 Å². The molecule has 0 saturated carbocycles. The fourth-order valence-corrected chi connectivity index (χ4v) is 1.01. The highest BCUT2D eigenvalue weighted by molar-refractivity contribution is 7.98. The van der Waals surface area contributed by atoms with E-state index in [0.29, 0.717) is 26.4 Å². The lowest BCUT2D eigenvalue weighted by Gasteiger charge is -2.04. The van der Waals surface area contributed by atoms with E-state index in [1.807, 2.05) is 6.92 Å². The molecule has 0 N–H and O–H groups in total. The lowest BCUT2D eigenvalue weighted by Crippen LogP contribution is -2.10. The molecule has 13 heavy (non-hydrogen) atoms. The molecule has 4 heteroatoms. The van der Waals surface area contributed by atoms with E-state index in [-0.39, 0.29) is 0 Å². The van der Waals surface area contributed by atoms with Crippen LogP contribution in [-0.2, 0) is 14.2 Å². The van der Waals surface area contributed by atoms with Crippen LogP contribution in [0.2, 0.25) is 0 Å². The highest BCUT2D eigenvalue weighted by Crippen LogP contribution is 1.90. The van der Waals surface area contributed by atoms with E-state index in [0.717, 1.165) is 19.0 Å². The molecule has 0 bridgehead atoms. The van der Waals surface area contributed by atoms with Crippen LogP contribution in [0.5, 0.6) is 0 Å². The molecule has 0 heterocycles. The summed E-state index contributed by atoms with van der Waals surface area (Å²) in [6.45, 7) is 6.25. The maximum absolute atomic E-state index is 5.29. The Hall–Kier alpha value is 0.230. The van der Waals surface area contributed by atoms with Gasteiger partial charge in [-0.3, -0.25) is 0 Å². The van der Waals surface area contributed by atoms with Crippen molar-refractivity contribution in [2.24, 2.45) is 0 Å². The smallest absolute Gasteiger partial charge is 0.0701 e. The predicted octanol–water partition coefficient (Wildman–Crippen LogP) is 1.42. The van der Waals surface area contributed by atoms with Gasteiger partial charge in [0.15, 0.2) is 0 Å². The zero-order chi connectivity index (χ0) is 9.78. The monoisotopic (exact) mass is 208 g/mol. The van der Waals surface area contributed by atoms with Crippen molar-refractivity contribution in [3.05, 3.63) is 0 Å². The summed E-state index contributed by atoms with van der Waals surface area (Å²) in [6.07, 6.45) is 2.07. The lowest BCUT2D eigenvalue weighted by molar-refractivity contribution is 0.0200. The van der Waals surface area contributed by atoms with Gasteiger partial charge < -0.3 is 14.2 Å². The minimum atomic E-state index is 0.666. The van der Waals surface area contributed by atoms with E-state index >= 15 is 0 Å². The molecule has 0 aromatic heterocycles. The summed E-state index contributed by atoms with van der Waals surface area (Å²) in [6, 6.07) is 0. The number of thioether (sulfide) groups is 1. The Morgan fingerprint density at radius 3 is 1.92 bits per heavy atom. The standard InChI is InChI=1S/C9H20O3S/c1-3-10-4-5-11-6-7-12-8-9-13-2/h3-9H2,1-2H3. The Balaban J connectivity index is 2.76. The Bertz CT molecular complexity index is 80.9. The molecular formula is C9H20O3S. The van der Waals surface area contributed by atoms with Gasteiger partial charge in [-0.15, -0.1) is 0 Å². The quantitative estimate of drug-likeness (QED) is 0.507. The molecular weight excluding hydrogens is 188 g/mol. The molecule has 0 aliphatic rings. The van der Waals surface area contributed by atoms with Gasteiger partial charge in [-0.05, 0) is 13.2 Å². The van der Waals surface area contributed by atoms with E-state index in [9.17, 15) is 0 Å². The van der Waals surface area contributed by atoms with Crippen molar-refractivity contribution in [2.45, 2.75) is 6.92 Å². The maximum Gasteiger partial charge on any atom is 0.0701 e. The number of rotatable bonds is 10. The third-order valence-corrected chi connectivity index (χ3v) is 1.95. The molecule has 0 radical (unpaired) electrons. The lowest BCUT2D eigenvalue weighted by atomic mass is 10.7. The second-order valence-electron chi connectivity index (χ2n) is 2.41. The summed E-state index contributed by atoms with van der Waals surface area (Å²) in [5.41, 5.74) is 0. The van der Waals surface area contributed by atoms with Crippen LogP contribution in [0.15, 0.2) is 0 Å². The molecule has 80 valence electrons. The van der Waals surface area contributed by atoms with E-state index in [1.54, 1.807) is 11.8 Å². The third-order valence-electron chi connectivity index (χ3n) is 1.38. The Kier molecular flexibility index (Phi) is 12.4. The molecule has 0 aromatic carbocycles. The topological polar surface area (TPSA) is 27.7 Å². The number of ether oxygens (including phenoxy) is 3. The van der Waals surface area contributed by atoms with Crippen LogP contribution in [0, 0.1) is 0 Å². The van der Waals surface area contributed by atoms with Gasteiger partial charge in [0.25, 0.3) is 0 Å². The fourth-order valence-electron chi connectivity index (χ4n) is 0.726. The first kappa shape index (κ1) is 13.2. The average molecular weight is 208 g/mol. The van der Waals surface area contributed by atoms with Crippen molar-refractivity contribution >= 4 is 11.8 Å². The summed E-state index contributed by atoms with van der Waals surface area (Å²) < 4.78 is 15.7. The summed E-state index contributed by atoms with van der Waals surface area (Å²) >= 11 is 1.79. The van der Waals surface area contributed by atoms with Gasteiger partial charge in [-0.2, -0.15) is 11.8 Å². The van der Waals surface area contributed by atoms with Gasteiger partial charge in [-0.25, -0.2) is 0 Å². The maximum atomic E-state index is 5.29. The van der Waals surface area contributed by atoms with Gasteiger partial charge in [0.2, 0.25) is 0 Å². The van der Waals surface area contributed by atoms with E-state index < -0.39 is 0 Å². The molecule has 0 rings (SSSR count). The molecule has 0 fully saturated rings. The Morgan fingerprint density at radius 1 is 0.846 bits per heavy atom. The van der Waals surface area contributed by atoms with E-state index in [4.69, 9.17) is 14.2 Å². The van der Waals surface area contributed by atoms with Crippen molar-refractivity contribution in [1.82, 2.24) is 0 Å². The fraction of sp³-hybridized carbons (Fsp3) is 1.00. The number of hydrogen-bond donors (Lipinski definition) is 0. The predicted molar refractivity (Wildman–Crippen MR) is 56.5 cm³/mol. The van der Waals surface area contributed by atoms with Gasteiger partial charge in [0.05, 0.1) is 33.0 Å². The second-order valence-corrected chi connectivity index (χ2v) is 3.40. The third kappa shape index (κ3) is 12.2. The molecule has 0 aliphatic heterocycles. The first-order valence-electron chi connectivity index (χ1n) is 4.64. The molecule has 0 unspecified atom stereocenters. The minimum absolute atomic E-state index is 0.666. The first-order chi connectivity index (χ1) is 6.41. The van der Waals surface area contributed by atoms with Crippen molar-refractivity contribution in [1.29, 1.82) is 0 Å². The summed E-state index contributed by atoms with van der Waals surface area (Å²) in [5.74, 6) is 1.05. The van der Waals surface area contributed by atoms with Crippen molar-refractivity contribution in [3.8, 4) is 0 Å². The molecule has 0 aliphatic carbocycles. The highest BCUT2D eigenvalue weighted by Gasteiger charge is 1.89. The number of hydrogen-bond acceptors (Lipinski definition) is 4. The van der Waals surface area contributed by atoms with Crippen LogP contribution in [0.1, 0.15) is 6.92 Å². The van der Waals surface area contributed by atoms with Gasteiger partial charge in [0.1, 0.15) is 0 Å². The summed E-state index contributed by atoms with van der Waals surface area (Å²) in [4.78, 5) is 0. The highest BCUT2D eigenvalue weighted by atomic mass is 32.2. The van der Waals surface area contributed by atoms with Gasteiger partial charge in [-0.1, -0.05) is 0 Å².